The molecular weight excluding hydrogens is 262 g/mol. The Bertz CT molecular complexity index is 485. The molecule has 0 saturated heterocycles. The van der Waals surface area contributed by atoms with Crippen molar-refractivity contribution in [3.63, 3.8) is 0 Å². The van der Waals surface area contributed by atoms with Crippen molar-refractivity contribution in [1.29, 1.82) is 0 Å². The zero-order chi connectivity index (χ0) is 14.3. The van der Waals surface area contributed by atoms with Gasteiger partial charge in [0.1, 0.15) is 6.04 Å². The molecule has 1 aromatic rings. The first-order valence-electron chi connectivity index (χ1n) is 5.88. The molecule has 0 aliphatic heterocycles. The Balaban J connectivity index is 2.84. The quantitative estimate of drug-likeness (QED) is 0.620. The van der Waals surface area contributed by atoms with Gasteiger partial charge in [0.25, 0.3) is 5.91 Å². The molecule has 1 amide bonds. The van der Waals surface area contributed by atoms with Crippen molar-refractivity contribution >= 4 is 23.6 Å². The summed E-state index contributed by atoms with van der Waals surface area (Å²) >= 11 is 1.45. The molecule has 0 heterocycles. The van der Waals surface area contributed by atoms with Crippen LogP contribution in [0.3, 0.4) is 0 Å². The lowest BCUT2D eigenvalue weighted by atomic mass is 10.1. The number of thioether (sulfide) groups is 1. The van der Waals surface area contributed by atoms with Gasteiger partial charge in [0, 0.05) is 4.90 Å². The summed E-state index contributed by atoms with van der Waals surface area (Å²) < 4.78 is 0. The van der Waals surface area contributed by atoms with Gasteiger partial charge < -0.3 is 10.4 Å². The normalized spacial score (nSPS) is 12.3. The first-order valence-corrected chi connectivity index (χ1v) is 7.10. The Kier molecular flexibility index (Phi) is 6.15. The average molecular weight is 279 g/mol. The maximum atomic E-state index is 12.1. The maximum Gasteiger partial charge on any atom is 0.326 e. The van der Waals surface area contributed by atoms with E-state index in [0.29, 0.717) is 5.56 Å². The molecule has 0 saturated carbocycles. The molecule has 0 aliphatic rings. The van der Waals surface area contributed by atoms with Crippen LogP contribution >= 0.6 is 11.8 Å². The van der Waals surface area contributed by atoms with E-state index in [9.17, 15) is 9.59 Å². The van der Waals surface area contributed by atoms with Gasteiger partial charge in [-0.15, -0.1) is 11.8 Å². The fraction of sp³-hybridized carbons (Fsp3) is 0.286. The fourth-order valence-electron chi connectivity index (χ4n) is 1.56. The first kappa shape index (κ1) is 15.3. The van der Waals surface area contributed by atoms with Crippen molar-refractivity contribution in [1.82, 2.24) is 5.32 Å². The van der Waals surface area contributed by atoms with Crippen molar-refractivity contribution in [3.8, 4) is 0 Å². The molecule has 0 aromatic heterocycles. The van der Waals surface area contributed by atoms with E-state index >= 15 is 0 Å². The van der Waals surface area contributed by atoms with E-state index in [0.717, 1.165) is 4.90 Å². The molecule has 102 valence electrons. The third-order valence-electron chi connectivity index (χ3n) is 2.56. The second-order valence-corrected chi connectivity index (χ2v) is 4.72. The van der Waals surface area contributed by atoms with Crippen LogP contribution in [0.1, 0.15) is 23.7 Å². The molecule has 19 heavy (non-hydrogen) atoms. The molecule has 0 aliphatic carbocycles. The summed E-state index contributed by atoms with van der Waals surface area (Å²) in [5.41, 5.74) is 0.502. The number of nitrogens with one attached hydrogen (secondary N) is 1. The summed E-state index contributed by atoms with van der Waals surface area (Å²) in [6.07, 6.45) is 5.64. The number of hydrogen-bond acceptors (Lipinski definition) is 3. The number of carboxylic acid groups (broad SMARTS) is 1. The average Bonchev–Trinajstić information content (AvgIpc) is 2.42. The molecule has 2 N–H and O–H groups in total. The van der Waals surface area contributed by atoms with E-state index in [1.807, 2.05) is 25.3 Å². The van der Waals surface area contributed by atoms with Crippen LogP contribution in [-0.4, -0.2) is 29.3 Å². The highest BCUT2D eigenvalue weighted by Crippen LogP contribution is 2.19. The van der Waals surface area contributed by atoms with E-state index in [4.69, 9.17) is 5.11 Å². The minimum Gasteiger partial charge on any atom is -0.480 e. The summed E-state index contributed by atoms with van der Waals surface area (Å²) in [4.78, 5) is 24.0. The largest absolute Gasteiger partial charge is 0.480 e. The third kappa shape index (κ3) is 4.44. The van der Waals surface area contributed by atoms with Crippen LogP contribution in [0.4, 0.5) is 0 Å². The second-order valence-electron chi connectivity index (χ2n) is 3.87. The molecule has 0 fully saturated rings. The highest BCUT2D eigenvalue weighted by Gasteiger charge is 2.20. The molecular formula is C14H17NO3S. The predicted octanol–water partition coefficient (Wildman–Crippen LogP) is 2.56. The van der Waals surface area contributed by atoms with E-state index in [1.54, 1.807) is 24.3 Å². The molecule has 0 bridgehead atoms. The zero-order valence-electron chi connectivity index (χ0n) is 10.9. The molecule has 0 radical (unpaired) electrons. The fourth-order valence-corrected chi connectivity index (χ4v) is 2.16. The Morgan fingerprint density at radius 2 is 2.11 bits per heavy atom. The minimum absolute atomic E-state index is 0.277. The molecule has 5 heteroatoms. The third-order valence-corrected chi connectivity index (χ3v) is 3.36. The van der Waals surface area contributed by atoms with Gasteiger partial charge in [-0.3, -0.25) is 4.79 Å². The lowest BCUT2D eigenvalue weighted by molar-refractivity contribution is -0.139. The van der Waals surface area contributed by atoms with Crippen LogP contribution in [0.25, 0.3) is 0 Å². The van der Waals surface area contributed by atoms with Gasteiger partial charge in [-0.1, -0.05) is 24.3 Å². The highest BCUT2D eigenvalue weighted by molar-refractivity contribution is 7.98. The number of carbonyl (C=O) groups excluding carboxylic acids is 1. The van der Waals surface area contributed by atoms with E-state index in [2.05, 4.69) is 5.32 Å². The predicted molar refractivity (Wildman–Crippen MR) is 76.5 cm³/mol. The van der Waals surface area contributed by atoms with Crippen LogP contribution < -0.4 is 5.32 Å². The maximum absolute atomic E-state index is 12.1. The summed E-state index contributed by atoms with van der Waals surface area (Å²) in [5, 5.41) is 11.6. The summed E-state index contributed by atoms with van der Waals surface area (Å²) in [7, 11) is 0. The first-order chi connectivity index (χ1) is 9.10. The summed E-state index contributed by atoms with van der Waals surface area (Å²) in [6, 6.07) is 6.23. The van der Waals surface area contributed by atoms with Gasteiger partial charge in [0.2, 0.25) is 0 Å². The van der Waals surface area contributed by atoms with Gasteiger partial charge in [-0.25, -0.2) is 4.79 Å². The summed E-state index contributed by atoms with van der Waals surface area (Å²) in [6.45, 7) is 1.81. The Hall–Kier alpha value is -1.75. The molecule has 1 aromatic carbocycles. The highest BCUT2D eigenvalue weighted by atomic mass is 32.2. The second kappa shape index (κ2) is 7.63. The number of carboxylic acids is 1. The molecule has 1 atom stereocenters. The van der Waals surface area contributed by atoms with Gasteiger partial charge >= 0.3 is 5.97 Å². The van der Waals surface area contributed by atoms with Crippen molar-refractivity contribution in [3.05, 3.63) is 42.0 Å². The van der Waals surface area contributed by atoms with E-state index < -0.39 is 12.0 Å². The van der Waals surface area contributed by atoms with Gasteiger partial charge in [0.05, 0.1) is 5.56 Å². The van der Waals surface area contributed by atoms with Crippen molar-refractivity contribution < 1.29 is 14.7 Å². The van der Waals surface area contributed by atoms with Crippen molar-refractivity contribution in [2.45, 2.75) is 24.3 Å². The zero-order valence-corrected chi connectivity index (χ0v) is 11.7. The van der Waals surface area contributed by atoms with Crippen molar-refractivity contribution in [2.24, 2.45) is 0 Å². The number of carbonyl (C=O) groups is 2. The number of rotatable bonds is 6. The SMILES string of the molecule is C/C=C/CC(NC(=O)c1ccccc1SC)C(=O)O. The number of amides is 1. The molecule has 0 spiro atoms. The van der Waals surface area contributed by atoms with Crippen LogP contribution in [0.2, 0.25) is 0 Å². The number of allylic oxidation sites excluding steroid dienone is 1. The number of aliphatic carboxylic acids is 1. The molecule has 1 unspecified atom stereocenters. The monoisotopic (exact) mass is 279 g/mol. The van der Waals surface area contributed by atoms with Crippen LogP contribution in [0.5, 0.6) is 0 Å². The minimum atomic E-state index is -1.03. The topological polar surface area (TPSA) is 66.4 Å². The van der Waals surface area contributed by atoms with Crippen LogP contribution in [0, 0.1) is 0 Å². The Morgan fingerprint density at radius 1 is 1.42 bits per heavy atom. The van der Waals surface area contributed by atoms with E-state index in [-0.39, 0.29) is 12.3 Å². The summed E-state index contributed by atoms with van der Waals surface area (Å²) in [5.74, 6) is -1.39. The lowest BCUT2D eigenvalue weighted by Crippen LogP contribution is -2.40. The lowest BCUT2D eigenvalue weighted by Gasteiger charge is -2.14. The Morgan fingerprint density at radius 3 is 2.68 bits per heavy atom. The molecule has 1 rings (SSSR count). The number of benzene rings is 1. The standard InChI is InChI=1S/C14H17NO3S/c1-3-4-8-11(14(17)18)15-13(16)10-7-5-6-9-12(10)19-2/h3-7,9,11H,8H2,1-2H3,(H,15,16)(H,17,18)/b4-3+. The van der Waals surface area contributed by atoms with Gasteiger partial charge in [-0.05, 0) is 31.7 Å². The van der Waals surface area contributed by atoms with E-state index in [1.165, 1.54) is 11.8 Å². The van der Waals surface area contributed by atoms with Gasteiger partial charge in [-0.2, -0.15) is 0 Å². The molecule has 4 nitrogen and oxygen atoms in total. The number of hydrogen-bond donors (Lipinski definition) is 2. The smallest absolute Gasteiger partial charge is 0.326 e. The van der Waals surface area contributed by atoms with Gasteiger partial charge in [0.15, 0.2) is 0 Å². The Labute approximate surface area is 116 Å². The van der Waals surface area contributed by atoms with Crippen LogP contribution in [0.15, 0.2) is 41.3 Å². The van der Waals surface area contributed by atoms with Crippen LogP contribution in [-0.2, 0) is 4.79 Å². The van der Waals surface area contributed by atoms with Crippen molar-refractivity contribution in [2.75, 3.05) is 6.26 Å².